The zero-order valence-electron chi connectivity index (χ0n) is 13.2. The van der Waals surface area contributed by atoms with E-state index in [2.05, 4.69) is 33.0 Å². The summed E-state index contributed by atoms with van der Waals surface area (Å²) in [5, 5.41) is 13.3. The van der Waals surface area contributed by atoms with E-state index in [1.54, 1.807) is 0 Å². The molecule has 3 heteroatoms. The molecular formula is C16H33NO2. The van der Waals surface area contributed by atoms with E-state index in [1.807, 2.05) is 0 Å². The highest BCUT2D eigenvalue weighted by molar-refractivity contribution is 4.94. The molecule has 0 amide bonds. The van der Waals surface area contributed by atoms with Crippen LogP contribution in [0.1, 0.15) is 66.2 Å². The molecule has 2 unspecified atom stereocenters. The summed E-state index contributed by atoms with van der Waals surface area (Å²) in [4.78, 5) is 0. The SMILES string of the molecule is CCC(CO)(CCCOC(C)CC(C)C)NC1CC1. The van der Waals surface area contributed by atoms with Crippen LogP contribution in [0, 0.1) is 5.92 Å². The molecule has 0 bridgehead atoms. The summed E-state index contributed by atoms with van der Waals surface area (Å²) in [6, 6.07) is 0.646. The Bertz CT molecular complexity index is 235. The van der Waals surface area contributed by atoms with Gasteiger partial charge in [-0.1, -0.05) is 20.8 Å². The van der Waals surface area contributed by atoms with Gasteiger partial charge in [0.2, 0.25) is 0 Å². The van der Waals surface area contributed by atoms with Crippen molar-refractivity contribution in [2.45, 2.75) is 83.9 Å². The first-order chi connectivity index (χ1) is 9.01. The molecule has 1 fully saturated rings. The van der Waals surface area contributed by atoms with Gasteiger partial charge in [0.1, 0.15) is 0 Å². The Kier molecular flexibility index (Phi) is 7.33. The van der Waals surface area contributed by atoms with Crippen molar-refractivity contribution in [1.82, 2.24) is 5.32 Å². The number of rotatable bonds is 11. The van der Waals surface area contributed by atoms with Gasteiger partial charge in [-0.15, -0.1) is 0 Å². The minimum Gasteiger partial charge on any atom is -0.394 e. The highest BCUT2D eigenvalue weighted by Crippen LogP contribution is 2.26. The Labute approximate surface area is 119 Å². The minimum absolute atomic E-state index is 0.0776. The predicted molar refractivity (Wildman–Crippen MR) is 80.4 cm³/mol. The molecule has 19 heavy (non-hydrogen) atoms. The first kappa shape index (κ1) is 16.9. The van der Waals surface area contributed by atoms with Gasteiger partial charge in [-0.2, -0.15) is 0 Å². The summed E-state index contributed by atoms with van der Waals surface area (Å²) < 4.78 is 5.85. The van der Waals surface area contributed by atoms with Gasteiger partial charge in [0.25, 0.3) is 0 Å². The molecule has 3 nitrogen and oxygen atoms in total. The van der Waals surface area contributed by atoms with E-state index in [0.29, 0.717) is 18.1 Å². The molecule has 1 aliphatic rings. The van der Waals surface area contributed by atoms with Gasteiger partial charge in [0.15, 0.2) is 0 Å². The monoisotopic (exact) mass is 271 g/mol. The van der Waals surface area contributed by atoms with Gasteiger partial charge in [0, 0.05) is 18.2 Å². The van der Waals surface area contributed by atoms with Gasteiger partial charge in [-0.25, -0.2) is 0 Å². The lowest BCUT2D eigenvalue weighted by atomic mass is 9.91. The largest absolute Gasteiger partial charge is 0.394 e. The van der Waals surface area contributed by atoms with Crippen LogP contribution in [0.15, 0.2) is 0 Å². The third kappa shape index (κ3) is 6.73. The van der Waals surface area contributed by atoms with E-state index < -0.39 is 0 Å². The Morgan fingerprint density at radius 2 is 2.00 bits per heavy atom. The summed E-state index contributed by atoms with van der Waals surface area (Å²) in [7, 11) is 0. The van der Waals surface area contributed by atoms with E-state index in [0.717, 1.165) is 32.3 Å². The van der Waals surface area contributed by atoms with Crippen LogP contribution in [0.5, 0.6) is 0 Å². The second-order valence-corrected chi connectivity index (χ2v) is 6.63. The van der Waals surface area contributed by atoms with E-state index >= 15 is 0 Å². The Hall–Kier alpha value is -0.120. The van der Waals surface area contributed by atoms with Crippen molar-refractivity contribution in [3.05, 3.63) is 0 Å². The quantitative estimate of drug-likeness (QED) is 0.567. The third-order valence-electron chi connectivity index (χ3n) is 4.07. The molecule has 2 N–H and O–H groups in total. The van der Waals surface area contributed by atoms with Gasteiger partial charge < -0.3 is 15.2 Å². The van der Waals surface area contributed by atoms with Gasteiger partial charge in [-0.05, 0) is 51.4 Å². The number of aliphatic hydroxyl groups excluding tert-OH is 1. The van der Waals surface area contributed by atoms with Crippen LogP contribution in [0.4, 0.5) is 0 Å². The molecular weight excluding hydrogens is 238 g/mol. The van der Waals surface area contributed by atoms with Gasteiger partial charge in [0.05, 0.1) is 12.7 Å². The lowest BCUT2D eigenvalue weighted by Crippen LogP contribution is -2.49. The summed E-state index contributed by atoms with van der Waals surface area (Å²) >= 11 is 0. The minimum atomic E-state index is -0.0776. The molecule has 0 aromatic heterocycles. The molecule has 0 radical (unpaired) electrons. The van der Waals surface area contributed by atoms with Crippen LogP contribution in [-0.4, -0.2) is 36.0 Å². The van der Waals surface area contributed by atoms with Crippen LogP contribution in [0.25, 0.3) is 0 Å². The molecule has 0 spiro atoms. The molecule has 1 saturated carbocycles. The average molecular weight is 271 g/mol. The predicted octanol–water partition coefficient (Wildman–Crippen LogP) is 3.11. The molecule has 0 saturated heterocycles. The second kappa shape index (κ2) is 8.23. The summed E-state index contributed by atoms with van der Waals surface area (Å²) in [6.45, 7) is 9.82. The zero-order chi connectivity index (χ0) is 14.3. The molecule has 0 aromatic carbocycles. The van der Waals surface area contributed by atoms with E-state index in [1.165, 1.54) is 12.8 Å². The molecule has 1 rings (SSSR count). The smallest absolute Gasteiger partial charge is 0.0613 e. The zero-order valence-corrected chi connectivity index (χ0v) is 13.2. The topological polar surface area (TPSA) is 41.5 Å². The normalized spacial score (nSPS) is 20.5. The number of aliphatic hydroxyl groups is 1. The van der Waals surface area contributed by atoms with Crippen LogP contribution in [-0.2, 0) is 4.74 Å². The van der Waals surface area contributed by atoms with Crippen molar-refractivity contribution < 1.29 is 9.84 Å². The van der Waals surface area contributed by atoms with E-state index in [9.17, 15) is 5.11 Å². The van der Waals surface area contributed by atoms with Crippen molar-refractivity contribution >= 4 is 0 Å². The van der Waals surface area contributed by atoms with Crippen LogP contribution in [0.2, 0.25) is 0 Å². The number of nitrogens with one attached hydrogen (secondary N) is 1. The Morgan fingerprint density at radius 1 is 1.32 bits per heavy atom. The van der Waals surface area contributed by atoms with Crippen molar-refractivity contribution in [3.8, 4) is 0 Å². The fourth-order valence-electron chi connectivity index (χ4n) is 2.68. The fourth-order valence-corrected chi connectivity index (χ4v) is 2.68. The first-order valence-corrected chi connectivity index (χ1v) is 8.01. The summed E-state index contributed by atoms with van der Waals surface area (Å²) in [5.41, 5.74) is -0.0776. The number of hydrogen-bond acceptors (Lipinski definition) is 3. The average Bonchev–Trinajstić information content (AvgIpc) is 3.16. The fraction of sp³-hybridized carbons (Fsp3) is 1.00. The van der Waals surface area contributed by atoms with Crippen molar-refractivity contribution in [1.29, 1.82) is 0 Å². The Balaban J connectivity index is 2.20. The van der Waals surface area contributed by atoms with Crippen molar-refractivity contribution in [2.75, 3.05) is 13.2 Å². The highest BCUT2D eigenvalue weighted by Gasteiger charge is 2.33. The molecule has 0 aliphatic heterocycles. The van der Waals surface area contributed by atoms with E-state index in [4.69, 9.17) is 4.74 Å². The summed E-state index contributed by atoms with van der Waals surface area (Å²) in [5.74, 6) is 0.693. The molecule has 0 aromatic rings. The van der Waals surface area contributed by atoms with Gasteiger partial charge in [-0.3, -0.25) is 0 Å². The molecule has 114 valence electrons. The second-order valence-electron chi connectivity index (χ2n) is 6.63. The number of hydrogen-bond donors (Lipinski definition) is 2. The maximum atomic E-state index is 9.68. The Morgan fingerprint density at radius 3 is 2.47 bits per heavy atom. The lowest BCUT2D eigenvalue weighted by Gasteiger charge is -2.32. The maximum absolute atomic E-state index is 9.68. The standard InChI is InChI=1S/C16H33NO2/c1-5-16(12-18,17-15-7-8-15)9-6-10-19-14(4)11-13(2)3/h13-15,17-18H,5-12H2,1-4H3. The molecule has 0 heterocycles. The highest BCUT2D eigenvalue weighted by atomic mass is 16.5. The van der Waals surface area contributed by atoms with Crippen molar-refractivity contribution in [2.24, 2.45) is 5.92 Å². The molecule has 2 atom stereocenters. The van der Waals surface area contributed by atoms with Crippen LogP contribution in [0.3, 0.4) is 0 Å². The van der Waals surface area contributed by atoms with Crippen molar-refractivity contribution in [3.63, 3.8) is 0 Å². The van der Waals surface area contributed by atoms with Crippen LogP contribution < -0.4 is 5.32 Å². The maximum Gasteiger partial charge on any atom is 0.0613 e. The van der Waals surface area contributed by atoms with E-state index in [-0.39, 0.29) is 12.1 Å². The first-order valence-electron chi connectivity index (χ1n) is 8.01. The molecule has 1 aliphatic carbocycles. The third-order valence-corrected chi connectivity index (χ3v) is 4.07. The van der Waals surface area contributed by atoms with Crippen LogP contribution >= 0.6 is 0 Å². The lowest BCUT2D eigenvalue weighted by molar-refractivity contribution is 0.0416. The van der Waals surface area contributed by atoms with Gasteiger partial charge >= 0.3 is 0 Å². The summed E-state index contributed by atoms with van der Waals surface area (Å²) in [6.07, 6.45) is 7.02. The number of ether oxygens (including phenoxy) is 1.